The first-order chi connectivity index (χ1) is 14.9. The van der Waals surface area contributed by atoms with E-state index < -0.39 is 10.0 Å². The number of nitrogens with zero attached hydrogens (tertiary/aromatic N) is 3. The van der Waals surface area contributed by atoms with Gasteiger partial charge in [-0.1, -0.05) is 24.3 Å². The number of hydrogen-bond acceptors (Lipinski definition) is 6. The van der Waals surface area contributed by atoms with E-state index >= 15 is 0 Å². The molecule has 31 heavy (non-hydrogen) atoms. The van der Waals surface area contributed by atoms with Crippen molar-refractivity contribution in [3.63, 3.8) is 0 Å². The number of piperidine rings is 1. The molecule has 1 saturated heterocycles. The third-order valence-electron chi connectivity index (χ3n) is 5.31. The summed E-state index contributed by atoms with van der Waals surface area (Å²) in [5.41, 5.74) is 2.33. The molecule has 4 rings (SSSR count). The minimum Gasteiger partial charge on any atom is -0.355 e. The average Bonchev–Trinajstić information content (AvgIpc) is 2.80. The minimum atomic E-state index is -3.78. The number of anilines is 2. The van der Waals surface area contributed by atoms with Gasteiger partial charge in [-0.05, 0) is 62.6 Å². The molecule has 0 unspecified atom stereocenters. The molecule has 1 fully saturated rings. The first-order valence-corrected chi connectivity index (χ1v) is 11.7. The highest BCUT2D eigenvalue weighted by Crippen LogP contribution is 2.24. The maximum atomic E-state index is 12.7. The number of rotatable bonds is 6. The van der Waals surface area contributed by atoms with Crippen LogP contribution in [0.1, 0.15) is 36.5 Å². The van der Waals surface area contributed by atoms with Crippen LogP contribution in [-0.4, -0.2) is 37.5 Å². The van der Waals surface area contributed by atoms with Gasteiger partial charge in [0, 0.05) is 29.9 Å². The molecule has 3 aromatic rings. The Labute approximate surface area is 182 Å². The second-order valence-corrected chi connectivity index (χ2v) is 9.27. The van der Waals surface area contributed by atoms with Gasteiger partial charge in [-0.2, -0.15) is 0 Å². The van der Waals surface area contributed by atoms with Gasteiger partial charge in [0.25, 0.3) is 10.0 Å². The van der Waals surface area contributed by atoms with E-state index in [2.05, 4.69) is 19.8 Å². The van der Waals surface area contributed by atoms with Crippen LogP contribution >= 0.6 is 0 Å². The Kier molecular flexibility index (Phi) is 5.99. The summed E-state index contributed by atoms with van der Waals surface area (Å²) >= 11 is 0. The number of sulfonamides is 1. The largest absolute Gasteiger partial charge is 0.355 e. The maximum Gasteiger partial charge on any atom is 0.261 e. The third-order valence-corrected chi connectivity index (χ3v) is 6.71. The molecule has 0 amide bonds. The van der Waals surface area contributed by atoms with E-state index in [9.17, 15) is 13.2 Å². The van der Waals surface area contributed by atoms with E-state index in [0.717, 1.165) is 24.5 Å². The van der Waals surface area contributed by atoms with Gasteiger partial charge in [0.2, 0.25) is 0 Å². The van der Waals surface area contributed by atoms with Crippen LogP contribution in [-0.2, 0) is 10.0 Å². The fraction of sp³-hybridized carbons (Fsp3) is 0.261. The van der Waals surface area contributed by atoms with E-state index in [0.29, 0.717) is 16.9 Å². The lowest BCUT2D eigenvalue weighted by molar-refractivity contribution is 0.101. The lowest BCUT2D eigenvalue weighted by atomic mass is 10.1. The quantitative estimate of drug-likeness (QED) is 0.584. The second-order valence-electron chi connectivity index (χ2n) is 7.59. The molecule has 1 aliphatic heterocycles. The molecule has 2 aromatic carbocycles. The van der Waals surface area contributed by atoms with Gasteiger partial charge in [-0.3, -0.25) is 9.52 Å². The van der Waals surface area contributed by atoms with Crippen LogP contribution in [0.2, 0.25) is 0 Å². The van der Waals surface area contributed by atoms with Gasteiger partial charge in [-0.15, -0.1) is 10.2 Å². The van der Waals surface area contributed by atoms with Gasteiger partial charge in [0.05, 0.1) is 10.6 Å². The predicted molar refractivity (Wildman–Crippen MR) is 121 cm³/mol. The molecule has 0 aliphatic carbocycles. The molecule has 0 radical (unpaired) electrons. The van der Waals surface area contributed by atoms with Crippen LogP contribution in [0, 0.1) is 0 Å². The minimum absolute atomic E-state index is 0.0913. The molecule has 7 nitrogen and oxygen atoms in total. The Morgan fingerprint density at radius 1 is 0.935 bits per heavy atom. The zero-order valence-corrected chi connectivity index (χ0v) is 18.1. The van der Waals surface area contributed by atoms with Crippen molar-refractivity contribution in [2.24, 2.45) is 0 Å². The number of nitrogens with one attached hydrogen (secondary N) is 1. The molecular weight excluding hydrogens is 412 g/mol. The molecule has 0 bridgehead atoms. The van der Waals surface area contributed by atoms with Crippen molar-refractivity contribution in [1.82, 2.24) is 10.2 Å². The molecule has 0 atom stereocenters. The SMILES string of the molecule is CC(=O)c1ccc(S(=O)(=O)Nc2cccc(-c3ccc(N4CCCCC4)nn3)c2)cc1. The standard InChI is InChI=1S/C23H24N4O3S/c1-17(28)18-8-10-21(11-9-18)31(29,30)26-20-7-5-6-19(16-20)22-12-13-23(25-24-22)27-14-3-2-4-15-27/h5-13,16,26H,2-4,14-15H2,1H3. The highest BCUT2D eigenvalue weighted by molar-refractivity contribution is 7.92. The van der Waals surface area contributed by atoms with E-state index in [-0.39, 0.29) is 10.7 Å². The lowest BCUT2D eigenvalue weighted by Gasteiger charge is -2.27. The van der Waals surface area contributed by atoms with Gasteiger partial charge in [-0.25, -0.2) is 8.42 Å². The summed E-state index contributed by atoms with van der Waals surface area (Å²) < 4.78 is 28.0. The summed E-state index contributed by atoms with van der Waals surface area (Å²) in [4.78, 5) is 13.7. The molecule has 0 saturated carbocycles. The molecule has 8 heteroatoms. The van der Waals surface area contributed by atoms with Crippen molar-refractivity contribution in [3.05, 3.63) is 66.2 Å². The Balaban J connectivity index is 1.52. The van der Waals surface area contributed by atoms with Crippen molar-refractivity contribution in [1.29, 1.82) is 0 Å². The van der Waals surface area contributed by atoms with Crippen molar-refractivity contribution < 1.29 is 13.2 Å². The monoisotopic (exact) mass is 436 g/mol. The van der Waals surface area contributed by atoms with Crippen LogP contribution in [0.15, 0.2) is 65.6 Å². The molecule has 0 spiro atoms. The van der Waals surface area contributed by atoms with E-state index in [4.69, 9.17) is 0 Å². The fourth-order valence-corrected chi connectivity index (χ4v) is 4.65. The molecular formula is C23H24N4O3S. The Hall–Kier alpha value is -3.26. The first kappa shape index (κ1) is 21.0. The zero-order valence-electron chi connectivity index (χ0n) is 17.3. The number of benzene rings is 2. The third kappa shape index (κ3) is 4.91. The van der Waals surface area contributed by atoms with E-state index in [1.165, 1.54) is 50.5 Å². The zero-order chi connectivity index (χ0) is 21.8. The Morgan fingerprint density at radius 3 is 2.32 bits per heavy atom. The summed E-state index contributed by atoms with van der Waals surface area (Å²) in [6.45, 7) is 3.44. The molecule has 1 aliphatic rings. The normalized spacial score (nSPS) is 14.3. The summed E-state index contributed by atoms with van der Waals surface area (Å²) in [5, 5.41) is 8.71. The Morgan fingerprint density at radius 2 is 1.68 bits per heavy atom. The number of Topliss-reactive ketones (excluding diaryl/α,β-unsaturated/α-hetero) is 1. The van der Waals surface area contributed by atoms with Gasteiger partial charge in [0.1, 0.15) is 0 Å². The van der Waals surface area contributed by atoms with Gasteiger partial charge < -0.3 is 4.90 Å². The number of carbonyl (C=O) groups is 1. The number of hydrogen-bond donors (Lipinski definition) is 1. The van der Waals surface area contributed by atoms with Crippen LogP contribution in [0.3, 0.4) is 0 Å². The second kappa shape index (κ2) is 8.85. The average molecular weight is 437 g/mol. The molecule has 1 N–H and O–H groups in total. The topological polar surface area (TPSA) is 92.3 Å². The highest BCUT2D eigenvalue weighted by atomic mass is 32.2. The molecule has 160 valence electrons. The smallest absolute Gasteiger partial charge is 0.261 e. The van der Waals surface area contributed by atoms with Gasteiger partial charge in [0.15, 0.2) is 11.6 Å². The number of ketones is 1. The van der Waals surface area contributed by atoms with Crippen molar-refractivity contribution in [2.75, 3.05) is 22.7 Å². The first-order valence-electron chi connectivity index (χ1n) is 10.3. The number of aromatic nitrogens is 2. The maximum absolute atomic E-state index is 12.7. The van der Waals surface area contributed by atoms with Crippen LogP contribution in [0.5, 0.6) is 0 Å². The highest BCUT2D eigenvalue weighted by Gasteiger charge is 2.16. The van der Waals surface area contributed by atoms with Gasteiger partial charge >= 0.3 is 0 Å². The summed E-state index contributed by atoms with van der Waals surface area (Å²) in [5.74, 6) is 0.756. The lowest BCUT2D eigenvalue weighted by Crippen LogP contribution is -2.30. The number of carbonyl (C=O) groups excluding carboxylic acids is 1. The van der Waals surface area contributed by atoms with E-state index in [1.807, 2.05) is 18.2 Å². The Bertz CT molecular complexity index is 1170. The van der Waals surface area contributed by atoms with Crippen molar-refractivity contribution in [3.8, 4) is 11.3 Å². The molecule has 1 aromatic heterocycles. The van der Waals surface area contributed by atoms with Crippen LogP contribution < -0.4 is 9.62 Å². The summed E-state index contributed by atoms with van der Waals surface area (Å²) in [6.07, 6.45) is 3.60. The van der Waals surface area contributed by atoms with E-state index in [1.54, 1.807) is 18.2 Å². The van der Waals surface area contributed by atoms with Crippen LogP contribution in [0.4, 0.5) is 11.5 Å². The summed E-state index contributed by atoms with van der Waals surface area (Å²) in [6, 6.07) is 16.8. The predicted octanol–water partition coefficient (Wildman–Crippen LogP) is 4.14. The fourth-order valence-electron chi connectivity index (χ4n) is 3.60. The van der Waals surface area contributed by atoms with Crippen molar-refractivity contribution >= 4 is 27.3 Å². The van der Waals surface area contributed by atoms with Crippen LogP contribution in [0.25, 0.3) is 11.3 Å². The summed E-state index contributed by atoms with van der Waals surface area (Å²) in [7, 11) is -3.78. The molecule has 2 heterocycles. The van der Waals surface area contributed by atoms with Crippen molar-refractivity contribution in [2.45, 2.75) is 31.1 Å².